The van der Waals surface area contributed by atoms with Crippen molar-refractivity contribution in [1.29, 1.82) is 0 Å². The third-order valence-corrected chi connectivity index (χ3v) is 6.56. The van der Waals surface area contributed by atoms with Crippen molar-refractivity contribution >= 4 is 22.6 Å². The van der Waals surface area contributed by atoms with Gasteiger partial charge in [0.25, 0.3) is 0 Å². The average molecular weight is 483 g/mol. The predicted molar refractivity (Wildman–Crippen MR) is 125 cm³/mol. The molecule has 0 atom stereocenters. The number of carboxylic acid groups (broad SMARTS) is 1. The number of allylic oxidation sites excluding steroid dienone is 3. The maximum atomic E-state index is 13.7. The monoisotopic (exact) mass is 483 g/mol. The van der Waals surface area contributed by atoms with Crippen molar-refractivity contribution in [3.05, 3.63) is 77.1 Å². The Balaban J connectivity index is 1.28. The highest BCUT2D eigenvalue weighted by molar-refractivity contribution is 5.82. The lowest BCUT2D eigenvalue weighted by Crippen LogP contribution is -2.49. The van der Waals surface area contributed by atoms with Gasteiger partial charge in [-0.25, -0.2) is 4.98 Å². The topological polar surface area (TPSA) is 67.6 Å². The summed E-state index contributed by atoms with van der Waals surface area (Å²) in [4.78, 5) is 17.6. The standard InChI is InChI=1S/C26H24F3N3O3/c1-31-20(14-32-12-19(13-32)25(33)34)9-18-10-21(11-30-24(18)31)35-15-16-7-22(17-5-3-2-4-6-17)23(8-16)26(27,28)29/h2-7,9-11,19H,8,12-15H2,1H3,(H,33,34). The van der Waals surface area contributed by atoms with E-state index >= 15 is 0 Å². The largest absolute Gasteiger partial charge is 0.488 e. The number of ether oxygens (including phenoxy) is 1. The van der Waals surface area contributed by atoms with E-state index in [-0.39, 0.29) is 24.5 Å². The number of likely N-dealkylation sites (tertiary alicyclic amines) is 1. The highest BCUT2D eigenvalue weighted by Crippen LogP contribution is 2.42. The molecule has 0 bridgehead atoms. The van der Waals surface area contributed by atoms with Crippen molar-refractivity contribution in [3.8, 4) is 5.75 Å². The number of nitrogens with zero attached hydrogens (tertiary/aromatic N) is 3. The van der Waals surface area contributed by atoms with Gasteiger partial charge in [0, 0.05) is 49.8 Å². The van der Waals surface area contributed by atoms with Crippen LogP contribution in [0.25, 0.3) is 16.6 Å². The van der Waals surface area contributed by atoms with Crippen molar-refractivity contribution < 1.29 is 27.8 Å². The van der Waals surface area contributed by atoms with Crippen LogP contribution in [0.1, 0.15) is 17.7 Å². The zero-order valence-electron chi connectivity index (χ0n) is 19.0. The SMILES string of the molecule is Cn1c(CN2CC(C(=O)O)C2)cc2cc(OCC3=CC(c4ccccc4)=C(C(F)(F)F)C3)cnc21. The Hall–Kier alpha value is -3.59. The highest BCUT2D eigenvalue weighted by Gasteiger charge is 2.39. The molecule has 0 radical (unpaired) electrons. The van der Waals surface area contributed by atoms with Gasteiger partial charge in [0.05, 0.1) is 12.1 Å². The fourth-order valence-electron chi connectivity index (χ4n) is 4.63. The van der Waals surface area contributed by atoms with Crippen LogP contribution in [0.5, 0.6) is 5.75 Å². The lowest BCUT2D eigenvalue weighted by molar-refractivity contribution is -0.147. The molecule has 6 nitrogen and oxygen atoms in total. The zero-order valence-corrected chi connectivity index (χ0v) is 19.0. The van der Waals surface area contributed by atoms with Gasteiger partial charge in [0.1, 0.15) is 18.0 Å². The molecule has 3 aromatic rings. The van der Waals surface area contributed by atoms with Crippen LogP contribution in [0.2, 0.25) is 0 Å². The molecule has 9 heteroatoms. The van der Waals surface area contributed by atoms with Crippen molar-refractivity contribution in [2.75, 3.05) is 19.7 Å². The van der Waals surface area contributed by atoms with Gasteiger partial charge in [-0.2, -0.15) is 13.2 Å². The van der Waals surface area contributed by atoms with Gasteiger partial charge in [0.15, 0.2) is 0 Å². The van der Waals surface area contributed by atoms with Gasteiger partial charge >= 0.3 is 12.1 Å². The molecule has 0 unspecified atom stereocenters. The Morgan fingerprint density at radius 2 is 1.94 bits per heavy atom. The Labute approximate surface area is 199 Å². The number of benzene rings is 1. The second-order valence-electron chi connectivity index (χ2n) is 9.03. The Morgan fingerprint density at radius 1 is 1.20 bits per heavy atom. The van der Waals surface area contributed by atoms with Crippen LogP contribution >= 0.6 is 0 Å². The van der Waals surface area contributed by atoms with Crippen molar-refractivity contribution in [1.82, 2.24) is 14.5 Å². The normalized spacial score (nSPS) is 17.1. The van der Waals surface area contributed by atoms with Crippen LogP contribution in [0.4, 0.5) is 13.2 Å². The van der Waals surface area contributed by atoms with Crippen molar-refractivity contribution in [2.24, 2.45) is 13.0 Å². The van der Waals surface area contributed by atoms with Crippen LogP contribution in [0, 0.1) is 5.92 Å². The number of rotatable bonds is 7. The number of alkyl halides is 3. The quantitative estimate of drug-likeness (QED) is 0.522. The fourth-order valence-corrected chi connectivity index (χ4v) is 4.63. The average Bonchev–Trinajstić information content (AvgIpc) is 3.36. The molecule has 3 heterocycles. The van der Waals surface area contributed by atoms with E-state index in [9.17, 15) is 18.0 Å². The molecule has 182 valence electrons. The first-order valence-electron chi connectivity index (χ1n) is 11.3. The molecule has 0 amide bonds. The minimum absolute atomic E-state index is 0.0349. The summed E-state index contributed by atoms with van der Waals surface area (Å²) in [7, 11) is 1.90. The number of carboxylic acids is 1. The minimum Gasteiger partial charge on any atom is -0.488 e. The fraction of sp³-hybridized carbons (Fsp3) is 0.308. The summed E-state index contributed by atoms with van der Waals surface area (Å²) in [5.74, 6) is -0.609. The number of aryl methyl sites for hydroxylation is 1. The van der Waals surface area contributed by atoms with Gasteiger partial charge in [-0.3, -0.25) is 9.69 Å². The van der Waals surface area contributed by atoms with Crippen LogP contribution in [0.3, 0.4) is 0 Å². The van der Waals surface area contributed by atoms with Gasteiger partial charge in [-0.15, -0.1) is 0 Å². The number of hydrogen-bond acceptors (Lipinski definition) is 4. The van der Waals surface area contributed by atoms with E-state index in [1.165, 1.54) is 0 Å². The van der Waals surface area contributed by atoms with E-state index in [2.05, 4.69) is 9.88 Å². The third-order valence-electron chi connectivity index (χ3n) is 6.56. The second kappa shape index (κ2) is 8.88. The summed E-state index contributed by atoms with van der Waals surface area (Å²) in [6.45, 7) is 1.69. The Kier molecular flexibility index (Phi) is 5.88. The zero-order chi connectivity index (χ0) is 24.7. The first kappa shape index (κ1) is 23.2. The lowest BCUT2D eigenvalue weighted by Gasteiger charge is -2.36. The molecular weight excluding hydrogens is 459 g/mol. The molecule has 35 heavy (non-hydrogen) atoms. The number of hydrogen-bond donors (Lipinski definition) is 1. The predicted octanol–water partition coefficient (Wildman–Crippen LogP) is 4.81. The number of fused-ring (bicyclic) bond motifs is 1. The molecule has 1 aromatic carbocycles. The number of carbonyl (C=O) groups is 1. The van der Waals surface area contributed by atoms with E-state index in [0.29, 0.717) is 36.5 Å². The molecule has 1 fully saturated rings. The van der Waals surface area contributed by atoms with E-state index in [1.807, 2.05) is 23.7 Å². The summed E-state index contributed by atoms with van der Waals surface area (Å²) in [6, 6.07) is 12.4. The number of aliphatic carboxylic acids is 1. The van der Waals surface area contributed by atoms with E-state index in [0.717, 1.165) is 16.7 Å². The second-order valence-corrected chi connectivity index (χ2v) is 9.03. The Bertz CT molecular complexity index is 1340. The maximum Gasteiger partial charge on any atom is 0.413 e. The lowest BCUT2D eigenvalue weighted by atomic mass is 10.0. The molecule has 2 aromatic heterocycles. The molecule has 1 saturated heterocycles. The molecule has 5 rings (SSSR count). The molecule has 1 aliphatic heterocycles. The molecule has 1 N–H and O–H groups in total. The smallest absolute Gasteiger partial charge is 0.413 e. The number of pyridine rings is 1. The Morgan fingerprint density at radius 3 is 2.63 bits per heavy atom. The summed E-state index contributed by atoms with van der Waals surface area (Å²) in [6.07, 6.45) is -1.47. The van der Waals surface area contributed by atoms with Gasteiger partial charge in [-0.1, -0.05) is 36.4 Å². The first-order valence-corrected chi connectivity index (χ1v) is 11.3. The van der Waals surface area contributed by atoms with E-state index in [1.54, 1.807) is 42.6 Å². The number of aromatic nitrogens is 2. The summed E-state index contributed by atoms with van der Waals surface area (Å²) in [5, 5.41) is 9.91. The van der Waals surface area contributed by atoms with Gasteiger partial charge in [-0.05, 0) is 28.8 Å². The molecule has 2 aliphatic rings. The summed E-state index contributed by atoms with van der Waals surface area (Å²) < 4.78 is 48.7. The molecular formula is C26H24F3N3O3. The third kappa shape index (κ3) is 4.68. The molecule has 1 aliphatic carbocycles. The maximum absolute atomic E-state index is 13.7. The summed E-state index contributed by atoms with van der Waals surface area (Å²) >= 11 is 0. The van der Waals surface area contributed by atoms with Crippen LogP contribution in [-0.4, -0.2) is 51.4 Å². The van der Waals surface area contributed by atoms with Crippen molar-refractivity contribution in [3.63, 3.8) is 0 Å². The molecule has 0 spiro atoms. The van der Waals surface area contributed by atoms with Crippen LogP contribution in [0.15, 0.2) is 65.9 Å². The van der Waals surface area contributed by atoms with Gasteiger partial charge in [0.2, 0.25) is 0 Å². The summed E-state index contributed by atoms with van der Waals surface area (Å²) in [5.41, 5.74) is 2.48. The van der Waals surface area contributed by atoms with Crippen LogP contribution < -0.4 is 4.74 Å². The van der Waals surface area contributed by atoms with E-state index in [4.69, 9.17) is 9.84 Å². The van der Waals surface area contributed by atoms with E-state index < -0.39 is 17.7 Å². The number of halogens is 3. The first-order chi connectivity index (χ1) is 16.7. The van der Waals surface area contributed by atoms with Crippen molar-refractivity contribution in [2.45, 2.75) is 19.1 Å². The van der Waals surface area contributed by atoms with Crippen LogP contribution in [-0.2, 0) is 18.4 Å². The molecule has 0 saturated carbocycles. The van der Waals surface area contributed by atoms with Gasteiger partial charge < -0.3 is 14.4 Å². The highest BCUT2D eigenvalue weighted by atomic mass is 19.4. The minimum atomic E-state index is -4.41.